The molecule has 3 heteroatoms. The average Bonchev–Trinajstić information content (AvgIpc) is 2.38. The number of amides is 1. The molecule has 104 valence electrons. The SMILES string of the molecule is CCC(=C(C)C)c1cc(C(=O)NCCN)ccc1C. The minimum absolute atomic E-state index is 0.0593. The molecule has 0 atom stereocenters. The van der Waals surface area contributed by atoms with E-state index in [4.69, 9.17) is 5.73 Å². The normalized spacial score (nSPS) is 10.2. The maximum atomic E-state index is 12.0. The number of nitrogens with one attached hydrogen (secondary N) is 1. The van der Waals surface area contributed by atoms with Gasteiger partial charge in [-0.2, -0.15) is 0 Å². The number of rotatable bonds is 5. The summed E-state index contributed by atoms with van der Waals surface area (Å²) in [5.41, 5.74) is 11.1. The predicted octanol–water partition coefficient (Wildman–Crippen LogP) is 2.89. The highest BCUT2D eigenvalue weighted by Gasteiger charge is 2.10. The Bertz CT molecular complexity index is 486. The molecule has 0 fully saturated rings. The van der Waals surface area contributed by atoms with Crippen LogP contribution in [0.1, 0.15) is 48.7 Å². The Morgan fingerprint density at radius 1 is 1.32 bits per heavy atom. The molecule has 3 N–H and O–H groups in total. The van der Waals surface area contributed by atoms with Gasteiger partial charge in [-0.15, -0.1) is 0 Å². The summed E-state index contributed by atoms with van der Waals surface area (Å²) >= 11 is 0. The van der Waals surface area contributed by atoms with Crippen molar-refractivity contribution in [2.45, 2.75) is 34.1 Å². The van der Waals surface area contributed by atoms with E-state index in [0.717, 1.165) is 6.42 Å². The van der Waals surface area contributed by atoms with Crippen molar-refractivity contribution in [2.75, 3.05) is 13.1 Å². The lowest BCUT2D eigenvalue weighted by molar-refractivity contribution is 0.0954. The number of benzene rings is 1. The molecule has 0 heterocycles. The van der Waals surface area contributed by atoms with E-state index < -0.39 is 0 Å². The summed E-state index contributed by atoms with van der Waals surface area (Å²) in [6, 6.07) is 5.85. The standard InChI is InChI=1S/C16H24N2O/c1-5-14(11(2)3)15-10-13(7-6-12(15)4)16(19)18-9-8-17/h6-7,10H,5,8-9,17H2,1-4H3,(H,18,19). The van der Waals surface area contributed by atoms with Crippen LogP contribution in [0.5, 0.6) is 0 Å². The van der Waals surface area contributed by atoms with Gasteiger partial charge in [0, 0.05) is 18.7 Å². The number of hydrogen-bond acceptors (Lipinski definition) is 2. The maximum Gasteiger partial charge on any atom is 0.251 e. The first kappa shape index (κ1) is 15.4. The summed E-state index contributed by atoms with van der Waals surface area (Å²) in [5, 5.41) is 2.80. The number of allylic oxidation sites excluding steroid dienone is 2. The van der Waals surface area contributed by atoms with Gasteiger partial charge in [0.2, 0.25) is 0 Å². The third-order valence-electron chi connectivity index (χ3n) is 3.21. The fourth-order valence-corrected chi connectivity index (χ4v) is 2.19. The first-order chi connectivity index (χ1) is 9.01. The Morgan fingerprint density at radius 2 is 2.00 bits per heavy atom. The number of hydrogen-bond donors (Lipinski definition) is 2. The van der Waals surface area contributed by atoms with Gasteiger partial charge in [-0.1, -0.05) is 18.6 Å². The molecule has 0 bridgehead atoms. The van der Waals surface area contributed by atoms with Crippen LogP contribution in [0, 0.1) is 6.92 Å². The Kier molecular flexibility index (Phi) is 5.77. The van der Waals surface area contributed by atoms with Gasteiger partial charge >= 0.3 is 0 Å². The molecule has 0 radical (unpaired) electrons. The molecular weight excluding hydrogens is 236 g/mol. The quantitative estimate of drug-likeness (QED) is 0.855. The second-order valence-electron chi connectivity index (χ2n) is 4.91. The van der Waals surface area contributed by atoms with Gasteiger partial charge < -0.3 is 11.1 Å². The topological polar surface area (TPSA) is 55.1 Å². The molecule has 19 heavy (non-hydrogen) atoms. The summed E-state index contributed by atoms with van der Waals surface area (Å²) in [4.78, 5) is 12.0. The van der Waals surface area contributed by atoms with Crippen LogP contribution in [-0.4, -0.2) is 19.0 Å². The average molecular weight is 260 g/mol. The zero-order chi connectivity index (χ0) is 14.4. The highest BCUT2D eigenvalue weighted by molar-refractivity contribution is 5.95. The first-order valence-electron chi connectivity index (χ1n) is 6.76. The van der Waals surface area contributed by atoms with Crippen LogP contribution >= 0.6 is 0 Å². The Hall–Kier alpha value is -1.61. The van der Waals surface area contributed by atoms with Gasteiger partial charge in [0.15, 0.2) is 0 Å². The van der Waals surface area contributed by atoms with E-state index in [1.165, 1.54) is 22.3 Å². The molecule has 0 aliphatic heterocycles. The molecule has 1 rings (SSSR count). The molecular formula is C16H24N2O. The minimum Gasteiger partial charge on any atom is -0.351 e. The number of carbonyl (C=O) groups excluding carboxylic acids is 1. The summed E-state index contributed by atoms with van der Waals surface area (Å²) in [6.45, 7) is 9.40. The third kappa shape index (κ3) is 3.93. The smallest absolute Gasteiger partial charge is 0.251 e. The highest BCUT2D eigenvalue weighted by Crippen LogP contribution is 2.26. The molecule has 1 aromatic carbocycles. The van der Waals surface area contributed by atoms with Crippen molar-refractivity contribution in [3.05, 3.63) is 40.5 Å². The van der Waals surface area contributed by atoms with E-state index >= 15 is 0 Å². The van der Waals surface area contributed by atoms with Crippen molar-refractivity contribution in [1.82, 2.24) is 5.32 Å². The van der Waals surface area contributed by atoms with Crippen LogP contribution in [0.25, 0.3) is 5.57 Å². The largest absolute Gasteiger partial charge is 0.351 e. The monoisotopic (exact) mass is 260 g/mol. The third-order valence-corrected chi connectivity index (χ3v) is 3.21. The molecule has 0 spiro atoms. The van der Waals surface area contributed by atoms with E-state index in [1.807, 2.05) is 18.2 Å². The highest BCUT2D eigenvalue weighted by atomic mass is 16.1. The van der Waals surface area contributed by atoms with Crippen LogP contribution in [-0.2, 0) is 0 Å². The molecule has 1 aromatic rings. The lowest BCUT2D eigenvalue weighted by atomic mass is 9.93. The second-order valence-corrected chi connectivity index (χ2v) is 4.91. The lowest BCUT2D eigenvalue weighted by Gasteiger charge is -2.13. The van der Waals surface area contributed by atoms with Crippen molar-refractivity contribution >= 4 is 11.5 Å². The maximum absolute atomic E-state index is 12.0. The number of nitrogens with two attached hydrogens (primary N) is 1. The van der Waals surface area contributed by atoms with Crippen LogP contribution in [0.2, 0.25) is 0 Å². The zero-order valence-electron chi connectivity index (χ0n) is 12.3. The second kappa shape index (κ2) is 7.10. The molecule has 0 saturated heterocycles. The Morgan fingerprint density at radius 3 is 2.53 bits per heavy atom. The van der Waals surface area contributed by atoms with Crippen molar-refractivity contribution in [3.63, 3.8) is 0 Å². The van der Waals surface area contributed by atoms with Crippen molar-refractivity contribution in [3.8, 4) is 0 Å². The molecule has 0 aromatic heterocycles. The fraction of sp³-hybridized carbons (Fsp3) is 0.438. The van der Waals surface area contributed by atoms with Crippen LogP contribution in [0.15, 0.2) is 23.8 Å². The Balaban J connectivity index is 3.14. The summed E-state index contributed by atoms with van der Waals surface area (Å²) in [6.07, 6.45) is 0.969. The first-order valence-corrected chi connectivity index (χ1v) is 6.76. The van der Waals surface area contributed by atoms with E-state index in [9.17, 15) is 4.79 Å². The molecule has 0 unspecified atom stereocenters. The fourth-order valence-electron chi connectivity index (χ4n) is 2.19. The van der Waals surface area contributed by atoms with Gasteiger partial charge in [-0.3, -0.25) is 4.79 Å². The van der Waals surface area contributed by atoms with Crippen molar-refractivity contribution in [2.24, 2.45) is 5.73 Å². The predicted molar refractivity (Wildman–Crippen MR) is 81.1 cm³/mol. The number of carbonyl (C=O) groups is 1. The molecule has 3 nitrogen and oxygen atoms in total. The van der Waals surface area contributed by atoms with Gasteiger partial charge in [-0.25, -0.2) is 0 Å². The zero-order valence-corrected chi connectivity index (χ0v) is 12.3. The summed E-state index contributed by atoms with van der Waals surface area (Å²) < 4.78 is 0. The molecule has 0 aliphatic carbocycles. The molecule has 1 amide bonds. The van der Waals surface area contributed by atoms with E-state index in [1.54, 1.807) is 0 Å². The van der Waals surface area contributed by atoms with Gasteiger partial charge in [0.1, 0.15) is 0 Å². The Labute approximate surface area is 115 Å². The van der Waals surface area contributed by atoms with E-state index in [0.29, 0.717) is 18.7 Å². The van der Waals surface area contributed by atoms with Crippen LogP contribution < -0.4 is 11.1 Å². The summed E-state index contributed by atoms with van der Waals surface area (Å²) in [5.74, 6) is -0.0593. The van der Waals surface area contributed by atoms with Gasteiger partial charge in [0.25, 0.3) is 5.91 Å². The molecule has 0 aliphatic rings. The number of aryl methyl sites for hydroxylation is 1. The molecule has 0 saturated carbocycles. The summed E-state index contributed by atoms with van der Waals surface area (Å²) in [7, 11) is 0. The van der Waals surface area contributed by atoms with Gasteiger partial charge in [0.05, 0.1) is 0 Å². The van der Waals surface area contributed by atoms with Gasteiger partial charge in [-0.05, 0) is 56.0 Å². The lowest BCUT2D eigenvalue weighted by Crippen LogP contribution is -2.29. The van der Waals surface area contributed by atoms with Crippen molar-refractivity contribution < 1.29 is 4.79 Å². The van der Waals surface area contributed by atoms with Crippen molar-refractivity contribution in [1.29, 1.82) is 0 Å². The van der Waals surface area contributed by atoms with E-state index in [2.05, 4.69) is 33.0 Å². The van der Waals surface area contributed by atoms with Crippen LogP contribution in [0.4, 0.5) is 0 Å². The van der Waals surface area contributed by atoms with E-state index in [-0.39, 0.29) is 5.91 Å². The minimum atomic E-state index is -0.0593. The van der Waals surface area contributed by atoms with Crippen LogP contribution in [0.3, 0.4) is 0 Å².